The van der Waals surface area contributed by atoms with E-state index >= 15 is 0 Å². The molecule has 8 heteroatoms. The standard InChI is InChI=1S/C18H19N3O5/c22-15-4-3-12(17(24)20-15)14-8-10(5-6-19-14)26-9-1-2-11-13(7-9)18(25)21-16(11)23/h1-2,7,10,12,14,19H,3-6,8H2,(H,20,22,24)(H,21,23,25). The molecule has 3 aliphatic rings. The van der Waals surface area contributed by atoms with Gasteiger partial charge in [0, 0.05) is 18.9 Å². The quantitative estimate of drug-likeness (QED) is 0.663. The van der Waals surface area contributed by atoms with Gasteiger partial charge in [-0.2, -0.15) is 0 Å². The molecule has 8 nitrogen and oxygen atoms in total. The average molecular weight is 357 g/mol. The third kappa shape index (κ3) is 3.08. The summed E-state index contributed by atoms with van der Waals surface area (Å²) in [6.45, 7) is 0.705. The first kappa shape index (κ1) is 16.7. The SMILES string of the molecule is O=C1CCC(C2CC(Oc3ccc4c(c3)C(=O)NC4=O)CCN2)C(=O)N1. The summed E-state index contributed by atoms with van der Waals surface area (Å²) in [5, 5.41) is 7.99. The van der Waals surface area contributed by atoms with Gasteiger partial charge in [0.1, 0.15) is 11.9 Å². The summed E-state index contributed by atoms with van der Waals surface area (Å²) in [4.78, 5) is 46.8. The van der Waals surface area contributed by atoms with Crippen molar-refractivity contribution in [2.45, 2.75) is 37.8 Å². The molecule has 3 N–H and O–H groups in total. The molecule has 2 saturated heterocycles. The number of piperidine rings is 2. The lowest BCUT2D eigenvalue weighted by Gasteiger charge is -2.36. The predicted octanol–water partition coefficient (Wildman–Crippen LogP) is 0.122. The lowest BCUT2D eigenvalue weighted by atomic mass is 9.85. The van der Waals surface area contributed by atoms with Crippen LogP contribution in [0.1, 0.15) is 46.4 Å². The highest BCUT2D eigenvalue weighted by molar-refractivity contribution is 6.21. The minimum Gasteiger partial charge on any atom is -0.490 e. The third-order valence-electron chi connectivity index (χ3n) is 5.17. The Morgan fingerprint density at radius 2 is 1.77 bits per heavy atom. The van der Waals surface area contributed by atoms with Crippen LogP contribution in [0.4, 0.5) is 0 Å². The van der Waals surface area contributed by atoms with E-state index in [-0.39, 0.29) is 29.9 Å². The Morgan fingerprint density at radius 1 is 0.962 bits per heavy atom. The fourth-order valence-electron chi connectivity index (χ4n) is 3.83. The minimum atomic E-state index is -0.415. The topological polar surface area (TPSA) is 114 Å². The Labute approximate surface area is 149 Å². The number of nitrogens with one attached hydrogen (secondary N) is 3. The molecule has 0 radical (unpaired) electrons. The molecule has 1 aromatic rings. The predicted molar refractivity (Wildman–Crippen MR) is 89.6 cm³/mol. The first-order valence-electron chi connectivity index (χ1n) is 8.75. The maximum absolute atomic E-state index is 12.1. The molecule has 3 aliphatic heterocycles. The van der Waals surface area contributed by atoms with Gasteiger partial charge in [-0.25, -0.2) is 0 Å². The van der Waals surface area contributed by atoms with Crippen molar-refractivity contribution in [1.29, 1.82) is 0 Å². The fraction of sp³-hybridized carbons (Fsp3) is 0.444. The number of fused-ring (bicyclic) bond motifs is 1. The van der Waals surface area contributed by atoms with Gasteiger partial charge in [-0.3, -0.25) is 29.8 Å². The van der Waals surface area contributed by atoms with Crippen molar-refractivity contribution in [3.8, 4) is 5.75 Å². The number of carbonyl (C=O) groups excluding carboxylic acids is 4. The zero-order valence-corrected chi connectivity index (χ0v) is 14.0. The molecule has 4 amide bonds. The van der Waals surface area contributed by atoms with Crippen molar-refractivity contribution < 1.29 is 23.9 Å². The van der Waals surface area contributed by atoms with Gasteiger partial charge in [-0.05, 0) is 37.6 Å². The van der Waals surface area contributed by atoms with Crippen LogP contribution in [-0.4, -0.2) is 42.3 Å². The van der Waals surface area contributed by atoms with E-state index < -0.39 is 11.8 Å². The zero-order valence-electron chi connectivity index (χ0n) is 14.0. The molecular weight excluding hydrogens is 338 g/mol. The molecule has 0 aromatic heterocycles. The molecule has 3 unspecified atom stereocenters. The van der Waals surface area contributed by atoms with Crippen molar-refractivity contribution in [2.24, 2.45) is 5.92 Å². The van der Waals surface area contributed by atoms with Crippen LogP contribution < -0.4 is 20.7 Å². The van der Waals surface area contributed by atoms with E-state index in [4.69, 9.17) is 4.74 Å². The lowest BCUT2D eigenvalue weighted by Crippen LogP contribution is -2.53. The molecule has 3 heterocycles. The molecule has 0 bridgehead atoms. The monoisotopic (exact) mass is 357 g/mol. The van der Waals surface area contributed by atoms with Crippen LogP contribution in [0.2, 0.25) is 0 Å². The Balaban J connectivity index is 1.44. The van der Waals surface area contributed by atoms with Crippen LogP contribution in [-0.2, 0) is 9.59 Å². The zero-order chi connectivity index (χ0) is 18.3. The summed E-state index contributed by atoms with van der Waals surface area (Å²) in [6.07, 6.45) is 2.19. The maximum Gasteiger partial charge on any atom is 0.259 e. The highest BCUT2D eigenvalue weighted by atomic mass is 16.5. The van der Waals surface area contributed by atoms with Crippen LogP contribution in [0, 0.1) is 5.92 Å². The highest BCUT2D eigenvalue weighted by Crippen LogP contribution is 2.27. The van der Waals surface area contributed by atoms with E-state index in [9.17, 15) is 19.2 Å². The number of hydrogen-bond acceptors (Lipinski definition) is 6. The number of rotatable bonds is 3. The van der Waals surface area contributed by atoms with E-state index in [0.717, 1.165) is 6.42 Å². The molecule has 26 heavy (non-hydrogen) atoms. The van der Waals surface area contributed by atoms with E-state index in [0.29, 0.717) is 42.7 Å². The van der Waals surface area contributed by atoms with Gasteiger partial charge >= 0.3 is 0 Å². The molecule has 1 aromatic carbocycles. The van der Waals surface area contributed by atoms with E-state index in [2.05, 4.69) is 16.0 Å². The summed E-state index contributed by atoms with van der Waals surface area (Å²) >= 11 is 0. The smallest absolute Gasteiger partial charge is 0.259 e. The van der Waals surface area contributed by atoms with Gasteiger partial charge in [0.2, 0.25) is 11.8 Å². The van der Waals surface area contributed by atoms with Gasteiger partial charge in [0.15, 0.2) is 0 Å². The third-order valence-corrected chi connectivity index (χ3v) is 5.17. The highest BCUT2D eigenvalue weighted by Gasteiger charge is 2.37. The fourth-order valence-corrected chi connectivity index (χ4v) is 3.83. The summed E-state index contributed by atoms with van der Waals surface area (Å²) < 4.78 is 6.01. The second kappa shape index (κ2) is 6.53. The van der Waals surface area contributed by atoms with Gasteiger partial charge in [0.05, 0.1) is 17.0 Å². The van der Waals surface area contributed by atoms with E-state index in [1.54, 1.807) is 18.2 Å². The largest absolute Gasteiger partial charge is 0.490 e. The van der Waals surface area contributed by atoms with E-state index in [1.165, 1.54) is 0 Å². The van der Waals surface area contributed by atoms with Gasteiger partial charge in [0.25, 0.3) is 11.8 Å². The Morgan fingerprint density at radius 3 is 2.58 bits per heavy atom. The van der Waals surface area contributed by atoms with E-state index in [1.807, 2.05) is 0 Å². The number of ether oxygens (including phenoxy) is 1. The molecule has 136 valence electrons. The Kier molecular flexibility index (Phi) is 4.20. The average Bonchev–Trinajstić information content (AvgIpc) is 2.89. The number of imide groups is 2. The van der Waals surface area contributed by atoms with Crippen LogP contribution in [0.25, 0.3) is 0 Å². The first-order valence-corrected chi connectivity index (χ1v) is 8.75. The van der Waals surface area contributed by atoms with Crippen molar-refractivity contribution in [3.05, 3.63) is 29.3 Å². The lowest BCUT2D eigenvalue weighted by molar-refractivity contribution is -0.137. The van der Waals surface area contributed by atoms with Gasteiger partial charge < -0.3 is 10.1 Å². The first-order chi connectivity index (χ1) is 12.5. The molecule has 0 spiro atoms. The van der Waals surface area contributed by atoms with Gasteiger partial charge in [-0.15, -0.1) is 0 Å². The molecular formula is C18H19N3O5. The van der Waals surface area contributed by atoms with Crippen LogP contribution >= 0.6 is 0 Å². The molecule has 3 atom stereocenters. The Hall–Kier alpha value is -2.74. The number of amides is 4. The minimum absolute atomic E-state index is 0.0545. The number of hydrogen-bond donors (Lipinski definition) is 3. The molecule has 0 saturated carbocycles. The Bertz CT molecular complexity index is 806. The van der Waals surface area contributed by atoms with Crippen molar-refractivity contribution in [3.63, 3.8) is 0 Å². The van der Waals surface area contributed by atoms with Crippen LogP contribution in [0.3, 0.4) is 0 Å². The van der Waals surface area contributed by atoms with Crippen molar-refractivity contribution in [2.75, 3.05) is 6.54 Å². The summed E-state index contributed by atoms with van der Waals surface area (Å²) in [5.74, 6) is -0.975. The second-order valence-electron chi connectivity index (χ2n) is 6.87. The second-order valence-corrected chi connectivity index (χ2v) is 6.87. The van der Waals surface area contributed by atoms with Crippen LogP contribution in [0.5, 0.6) is 5.75 Å². The van der Waals surface area contributed by atoms with Gasteiger partial charge in [-0.1, -0.05) is 0 Å². The molecule has 0 aliphatic carbocycles. The number of carbonyl (C=O) groups is 4. The molecule has 2 fully saturated rings. The summed E-state index contributed by atoms with van der Waals surface area (Å²) in [7, 11) is 0. The van der Waals surface area contributed by atoms with Crippen molar-refractivity contribution >= 4 is 23.6 Å². The summed E-state index contributed by atoms with van der Waals surface area (Å²) in [5.41, 5.74) is 0.678. The number of benzene rings is 1. The van der Waals surface area contributed by atoms with Crippen molar-refractivity contribution in [1.82, 2.24) is 16.0 Å². The normalized spacial score (nSPS) is 28.4. The van der Waals surface area contributed by atoms with Crippen LogP contribution in [0.15, 0.2) is 18.2 Å². The summed E-state index contributed by atoms with van der Waals surface area (Å²) in [6, 6.07) is 4.79. The maximum atomic E-state index is 12.1. The molecule has 4 rings (SSSR count).